The molecule has 2 aliphatic heterocycles. The molecule has 3 aliphatic rings. The van der Waals surface area contributed by atoms with Crippen molar-refractivity contribution >= 4 is 15.9 Å². The lowest BCUT2D eigenvalue weighted by molar-refractivity contribution is 0.0518. The van der Waals surface area contributed by atoms with Gasteiger partial charge in [0.1, 0.15) is 5.75 Å². The van der Waals surface area contributed by atoms with Crippen molar-refractivity contribution in [2.45, 2.75) is 62.7 Å². The molecule has 30 heavy (non-hydrogen) atoms. The molecule has 3 fully saturated rings. The molecule has 0 bridgehead atoms. The zero-order valence-electron chi connectivity index (χ0n) is 18.0. The Morgan fingerprint density at radius 3 is 2.33 bits per heavy atom. The highest BCUT2D eigenvalue weighted by atomic mass is 32.2. The molecule has 0 unspecified atom stereocenters. The van der Waals surface area contributed by atoms with Crippen LogP contribution in [-0.2, 0) is 10.0 Å². The van der Waals surface area contributed by atoms with E-state index < -0.39 is 10.0 Å². The molecule has 1 aliphatic carbocycles. The molecule has 2 atom stereocenters. The molecule has 0 radical (unpaired) electrons. The van der Waals surface area contributed by atoms with Crippen molar-refractivity contribution < 1.29 is 17.9 Å². The van der Waals surface area contributed by atoms with E-state index in [-0.39, 0.29) is 10.8 Å². The van der Waals surface area contributed by atoms with Crippen LogP contribution in [0.1, 0.15) is 68.1 Å². The number of piperidine rings is 1. The van der Waals surface area contributed by atoms with E-state index in [1.54, 1.807) is 16.4 Å². The number of carbonyl (C=O) groups is 1. The van der Waals surface area contributed by atoms with E-state index in [2.05, 4.69) is 0 Å². The number of fused-ring (bicyclic) bond motifs is 1. The molecule has 1 saturated carbocycles. The summed E-state index contributed by atoms with van der Waals surface area (Å²) in [5.74, 6) is 1.65. The predicted octanol–water partition coefficient (Wildman–Crippen LogP) is 3.91. The highest BCUT2D eigenvalue weighted by Gasteiger charge is 2.34. The van der Waals surface area contributed by atoms with Gasteiger partial charge in [0.2, 0.25) is 10.0 Å². The van der Waals surface area contributed by atoms with Gasteiger partial charge in [-0.2, -0.15) is 4.31 Å². The van der Waals surface area contributed by atoms with Gasteiger partial charge in [-0.05, 0) is 55.7 Å². The fourth-order valence-electron chi connectivity index (χ4n) is 5.40. The van der Waals surface area contributed by atoms with Crippen molar-refractivity contribution in [2.75, 3.05) is 33.3 Å². The molecular formula is C23H34N2O4S. The van der Waals surface area contributed by atoms with E-state index in [1.807, 2.05) is 4.90 Å². The van der Waals surface area contributed by atoms with Gasteiger partial charge in [-0.1, -0.05) is 32.1 Å². The molecular weight excluding hydrogens is 400 g/mol. The van der Waals surface area contributed by atoms with Crippen LogP contribution in [0.3, 0.4) is 0 Å². The lowest BCUT2D eigenvalue weighted by Crippen LogP contribution is -2.44. The zero-order valence-corrected chi connectivity index (χ0v) is 18.8. The third kappa shape index (κ3) is 4.37. The standard InChI is InChI=1S/C23H34N2O4S/c1-29-22-11-10-20(30(27,28)25-13-6-2-3-7-14-25)16-21(22)23(26)24-15-12-18-8-4-5-9-19(18)17-24/h10-11,16,18-19H,2-9,12-15,17H2,1H3/t18-,19-/m1/s1. The van der Waals surface area contributed by atoms with Crippen molar-refractivity contribution in [1.82, 2.24) is 9.21 Å². The summed E-state index contributed by atoms with van der Waals surface area (Å²) in [5.41, 5.74) is 0.364. The second kappa shape index (κ2) is 9.27. The number of benzene rings is 1. The van der Waals surface area contributed by atoms with Gasteiger partial charge >= 0.3 is 0 Å². The first kappa shape index (κ1) is 21.6. The normalized spacial score (nSPS) is 26.0. The molecule has 1 amide bonds. The van der Waals surface area contributed by atoms with Crippen molar-refractivity contribution in [1.29, 1.82) is 0 Å². The maximum atomic E-state index is 13.4. The number of sulfonamides is 1. The van der Waals surface area contributed by atoms with Crippen LogP contribution >= 0.6 is 0 Å². The summed E-state index contributed by atoms with van der Waals surface area (Å²) in [6.07, 6.45) is 9.97. The minimum absolute atomic E-state index is 0.108. The van der Waals surface area contributed by atoms with Crippen molar-refractivity contribution in [3.05, 3.63) is 23.8 Å². The Labute approximate surface area is 180 Å². The van der Waals surface area contributed by atoms with Crippen molar-refractivity contribution in [3.8, 4) is 5.75 Å². The fraction of sp³-hybridized carbons (Fsp3) is 0.696. The van der Waals surface area contributed by atoms with Crippen LogP contribution in [0.25, 0.3) is 0 Å². The summed E-state index contributed by atoms with van der Waals surface area (Å²) in [6.45, 7) is 2.61. The highest BCUT2D eigenvalue weighted by Crippen LogP contribution is 2.37. The number of methoxy groups -OCH3 is 1. The maximum Gasteiger partial charge on any atom is 0.257 e. The smallest absolute Gasteiger partial charge is 0.257 e. The Hall–Kier alpha value is -1.60. The molecule has 166 valence electrons. The number of nitrogens with zero attached hydrogens (tertiary/aromatic N) is 2. The Kier molecular flexibility index (Phi) is 6.68. The number of ether oxygens (including phenoxy) is 1. The van der Waals surface area contributed by atoms with Crippen molar-refractivity contribution in [2.24, 2.45) is 11.8 Å². The predicted molar refractivity (Wildman–Crippen MR) is 116 cm³/mol. The number of rotatable bonds is 4. The van der Waals surface area contributed by atoms with Crippen molar-refractivity contribution in [3.63, 3.8) is 0 Å². The van der Waals surface area contributed by atoms with Gasteiger partial charge in [0.15, 0.2) is 0 Å². The van der Waals surface area contributed by atoms with Gasteiger partial charge in [0.25, 0.3) is 5.91 Å². The van der Waals surface area contributed by atoms with Crippen LogP contribution < -0.4 is 4.74 Å². The molecule has 1 aromatic rings. The Morgan fingerprint density at radius 2 is 1.63 bits per heavy atom. The number of amides is 1. The fourth-order valence-corrected chi connectivity index (χ4v) is 6.95. The Morgan fingerprint density at radius 1 is 0.933 bits per heavy atom. The summed E-state index contributed by atoms with van der Waals surface area (Å²) >= 11 is 0. The minimum atomic E-state index is -3.61. The summed E-state index contributed by atoms with van der Waals surface area (Å²) in [7, 11) is -2.08. The molecule has 4 rings (SSSR count). The zero-order chi connectivity index (χ0) is 21.1. The monoisotopic (exact) mass is 434 g/mol. The van der Waals surface area contributed by atoms with E-state index in [0.717, 1.165) is 51.1 Å². The molecule has 2 heterocycles. The lowest BCUT2D eigenvalue weighted by Gasteiger charge is -2.41. The van der Waals surface area contributed by atoms with Crippen LogP contribution in [0.2, 0.25) is 0 Å². The first-order chi connectivity index (χ1) is 14.5. The topological polar surface area (TPSA) is 66.9 Å². The summed E-state index contributed by atoms with van der Waals surface area (Å²) in [5, 5.41) is 0. The summed E-state index contributed by atoms with van der Waals surface area (Å²) in [4.78, 5) is 15.5. The molecule has 2 saturated heterocycles. The Balaban J connectivity index is 1.58. The molecule has 6 nitrogen and oxygen atoms in total. The first-order valence-corrected chi connectivity index (χ1v) is 12.9. The quantitative estimate of drug-likeness (QED) is 0.721. The molecule has 0 N–H and O–H groups in total. The van der Waals surface area contributed by atoms with E-state index in [9.17, 15) is 13.2 Å². The van der Waals surface area contributed by atoms with E-state index >= 15 is 0 Å². The number of hydrogen-bond donors (Lipinski definition) is 0. The summed E-state index contributed by atoms with van der Waals surface area (Å²) < 4.78 is 33.5. The summed E-state index contributed by atoms with van der Waals surface area (Å²) in [6, 6.07) is 4.74. The van der Waals surface area contributed by atoms with E-state index in [4.69, 9.17) is 4.74 Å². The van der Waals surface area contributed by atoms with Crippen LogP contribution in [-0.4, -0.2) is 56.8 Å². The Bertz CT molecular complexity index is 862. The third-order valence-electron chi connectivity index (χ3n) is 7.18. The van der Waals surface area contributed by atoms with Gasteiger partial charge in [-0.15, -0.1) is 0 Å². The van der Waals surface area contributed by atoms with E-state index in [0.29, 0.717) is 30.3 Å². The average molecular weight is 435 g/mol. The van der Waals surface area contributed by atoms with E-state index in [1.165, 1.54) is 38.9 Å². The largest absolute Gasteiger partial charge is 0.496 e. The SMILES string of the molecule is COc1ccc(S(=O)(=O)N2CCCCCC2)cc1C(=O)N1CC[C@H]2CCCC[C@@H]2C1. The lowest BCUT2D eigenvalue weighted by atomic mass is 9.75. The van der Waals surface area contributed by atoms with Gasteiger partial charge in [-0.25, -0.2) is 8.42 Å². The second-order valence-corrected chi connectivity index (χ2v) is 11.0. The van der Waals surface area contributed by atoms with Gasteiger partial charge in [0, 0.05) is 26.2 Å². The number of hydrogen-bond acceptors (Lipinski definition) is 4. The van der Waals surface area contributed by atoms with Crippen LogP contribution in [0, 0.1) is 11.8 Å². The van der Waals surface area contributed by atoms with Gasteiger partial charge in [0.05, 0.1) is 17.6 Å². The van der Waals surface area contributed by atoms with Crippen LogP contribution in [0.4, 0.5) is 0 Å². The molecule has 0 aromatic heterocycles. The number of carbonyl (C=O) groups excluding carboxylic acids is 1. The number of likely N-dealkylation sites (tertiary alicyclic amines) is 1. The molecule has 7 heteroatoms. The maximum absolute atomic E-state index is 13.4. The average Bonchev–Trinajstić information content (AvgIpc) is 3.08. The molecule has 0 spiro atoms. The third-order valence-corrected chi connectivity index (χ3v) is 9.08. The van der Waals surface area contributed by atoms with Crippen LogP contribution in [0.5, 0.6) is 5.75 Å². The van der Waals surface area contributed by atoms with Gasteiger partial charge in [-0.3, -0.25) is 4.79 Å². The first-order valence-electron chi connectivity index (χ1n) is 11.5. The van der Waals surface area contributed by atoms with Crippen LogP contribution in [0.15, 0.2) is 23.1 Å². The molecule has 1 aromatic carbocycles. The minimum Gasteiger partial charge on any atom is -0.496 e. The second-order valence-electron chi connectivity index (χ2n) is 9.02. The highest BCUT2D eigenvalue weighted by molar-refractivity contribution is 7.89. The van der Waals surface area contributed by atoms with Gasteiger partial charge < -0.3 is 9.64 Å².